The van der Waals surface area contributed by atoms with Gasteiger partial charge in [-0.1, -0.05) is 0 Å². The molecular weight excluding hydrogens is 362 g/mol. The predicted molar refractivity (Wildman–Crippen MR) is 93.4 cm³/mol. The van der Waals surface area contributed by atoms with Crippen molar-refractivity contribution in [3.8, 4) is 22.1 Å². The van der Waals surface area contributed by atoms with Gasteiger partial charge in [0.25, 0.3) is 5.91 Å². The summed E-state index contributed by atoms with van der Waals surface area (Å²) < 4.78 is 15.3. The minimum Gasteiger partial charge on any atom is -0.493 e. The van der Waals surface area contributed by atoms with Gasteiger partial charge in [0.2, 0.25) is 0 Å². The summed E-state index contributed by atoms with van der Waals surface area (Å²) in [7, 11) is 3.06. The average Bonchev–Trinajstić information content (AvgIpc) is 3.00. The van der Waals surface area contributed by atoms with E-state index in [1.807, 2.05) is 0 Å². The number of urea groups is 1. The first-order chi connectivity index (χ1) is 12.3. The Morgan fingerprint density at radius 2 is 1.88 bits per heavy atom. The second-order valence-electron chi connectivity index (χ2n) is 4.99. The number of aryl methyl sites for hydroxylation is 1. The van der Waals surface area contributed by atoms with Gasteiger partial charge in [0.1, 0.15) is 9.88 Å². The van der Waals surface area contributed by atoms with Crippen LogP contribution in [0.1, 0.15) is 15.4 Å². The number of thiazole rings is 1. The molecule has 0 atom stereocenters. The van der Waals surface area contributed by atoms with E-state index in [0.29, 0.717) is 22.2 Å². The molecule has 1 aromatic carbocycles. The van der Waals surface area contributed by atoms with Crippen LogP contribution in [-0.4, -0.2) is 43.7 Å². The highest BCUT2D eigenvalue weighted by molar-refractivity contribution is 7.17. The van der Waals surface area contributed by atoms with Gasteiger partial charge in [0, 0.05) is 5.56 Å². The van der Waals surface area contributed by atoms with E-state index in [0.717, 1.165) is 16.9 Å². The van der Waals surface area contributed by atoms with Crippen LogP contribution in [-0.2, 0) is 9.53 Å². The van der Waals surface area contributed by atoms with Gasteiger partial charge >= 0.3 is 12.0 Å². The van der Waals surface area contributed by atoms with Crippen LogP contribution in [0.4, 0.5) is 4.79 Å². The Bertz CT molecular complexity index is 849. The van der Waals surface area contributed by atoms with Crippen LogP contribution >= 0.6 is 11.3 Å². The number of aromatic nitrogens is 1. The van der Waals surface area contributed by atoms with Crippen molar-refractivity contribution < 1.29 is 28.6 Å². The molecule has 3 N–H and O–H groups in total. The minimum atomic E-state index is -1.02. The molecule has 0 aliphatic rings. The number of rotatable bonds is 6. The highest BCUT2D eigenvalue weighted by atomic mass is 32.1. The maximum Gasteiger partial charge on any atom is 0.350 e. The van der Waals surface area contributed by atoms with Gasteiger partial charge in [0.05, 0.1) is 19.9 Å². The summed E-state index contributed by atoms with van der Waals surface area (Å²) in [4.78, 5) is 38.6. The lowest BCUT2D eigenvalue weighted by Crippen LogP contribution is -2.37. The third-order valence-corrected chi connectivity index (χ3v) is 4.40. The van der Waals surface area contributed by atoms with Gasteiger partial charge in [0.15, 0.2) is 18.1 Å². The standard InChI is InChI=1S/C16H17N3O6S/c1-8-13(15(21)25-7-12(20)19-16(17)22)26-14(18-8)9-4-5-10(23-2)11(6-9)24-3/h4-6H,7H2,1-3H3,(H3,17,19,20,22). The molecule has 0 saturated heterocycles. The third-order valence-electron chi connectivity index (χ3n) is 3.21. The van der Waals surface area contributed by atoms with E-state index in [1.54, 1.807) is 30.4 Å². The third kappa shape index (κ3) is 4.48. The maximum atomic E-state index is 12.1. The molecular formula is C16H17N3O6S. The summed E-state index contributed by atoms with van der Waals surface area (Å²) in [5.74, 6) is -0.422. The summed E-state index contributed by atoms with van der Waals surface area (Å²) in [6.07, 6.45) is 0. The van der Waals surface area contributed by atoms with Crippen molar-refractivity contribution in [1.82, 2.24) is 10.3 Å². The van der Waals surface area contributed by atoms with E-state index in [9.17, 15) is 14.4 Å². The fraction of sp³-hybridized carbons (Fsp3) is 0.250. The van der Waals surface area contributed by atoms with Crippen molar-refractivity contribution in [2.24, 2.45) is 5.73 Å². The Morgan fingerprint density at radius 1 is 1.19 bits per heavy atom. The number of hydrogen-bond donors (Lipinski definition) is 2. The van der Waals surface area contributed by atoms with E-state index in [4.69, 9.17) is 19.9 Å². The van der Waals surface area contributed by atoms with Crippen molar-refractivity contribution in [1.29, 1.82) is 0 Å². The lowest BCUT2D eigenvalue weighted by Gasteiger charge is -2.08. The highest BCUT2D eigenvalue weighted by Crippen LogP contribution is 2.35. The van der Waals surface area contributed by atoms with E-state index in [1.165, 1.54) is 14.2 Å². The SMILES string of the molecule is COc1ccc(-c2nc(C)c(C(=O)OCC(=O)NC(N)=O)s2)cc1OC. The van der Waals surface area contributed by atoms with Crippen LogP contribution in [0, 0.1) is 6.92 Å². The summed E-state index contributed by atoms with van der Waals surface area (Å²) in [6.45, 7) is 1.03. The summed E-state index contributed by atoms with van der Waals surface area (Å²) >= 11 is 1.11. The molecule has 2 rings (SSSR count). The molecule has 0 saturated carbocycles. The molecule has 0 fully saturated rings. The molecule has 0 aliphatic carbocycles. The Hall–Kier alpha value is -3.14. The first-order valence-corrected chi connectivity index (χ1v) is 8.13. The molecule has 2 aromatic rings. The number of primary amides is 1. The number of ether oxygens (including phenoxy) is 3. The lowest BCUT2D eigenvalue weighted by atomic mass is 10.2. The number of hydrogen-bond acceptors (Lipinski definition) is 8. The van der Waals surface area contributed by atoms with E-state index < -0.39 is 24.5 Å². The molecule has 0 bridgehead atoms. The molecule has 3 amide bonds. The molecule has 0 radical (unpaired) electrons. The molecule has 1 heterocycles. The molecule has 9 nitrogen and oxygen atoms in total. The Balaban J connectivity index is 2.17. The Morgan fingerprint density at radius 3 is 2.50 bits per heavy atom. The van der Waals surface area contributed by atoms with Crippen molar-refractivity contribution in [2.75, 3.05) is 20.8 Å². The first-order valence-electron chi connectivity index (χ1n) is 7.32. The molecule has 10 heteroatoms. The molecule has 1 aromatic heterocycles. The highest BCUT2D eigenvalue weighted by Gasteiger charge is 2.19. The van der Waals surface area contributed by atoms with Gasteiger partial charge in [-0.25, -0.2) is 14.6 Å². The molecule has 0 aliphatic heterocycles. The Kier molecular flexibility index (Phi) is 6.12. The topological polar surface area (TPSA) is 130 Å². The smallest absolute Gasteiger partial charge is 0.350 e. The fourth-order valence-corrected chi connectivity index (χ4v) is 3.01. The largest absolute Gasteiger partial charge is 0.493 e. The molecule has 138 valence electrons. The zero-order chi connectivity index (χ0) is 19.3. The van der Waals surface area contributed by atoms with Crippen LogP contribution in [0.3, 0.4) is 0 Å². The number of amides is 3. The van der Waals surface area contributed by atoms with Gasteiger partial charge in [-0.2, -0.15) is 0 Å². The fourth-order valence-electron chi connectivity index (χ4n) is 2.05. The number of methoxy groups -OCH3 is 2. The van der Waals surface area contributed by atoms with Gasteiger partial charge in [-0.15, -0.1) is 11.3 Å². The minimum absolute atomic E-state index is 0.252. The van der Waals surface area contributed by atoms with Crippen LogP contribution in [0.2, 0.25) is 0 Å². The van der Waals surface area contributed by atoms with E-state index in [2.05, 4.69) is 4.98 Å². The quantitative estimate of drug-likeness (QED) is 0.727. The summed E-state index contributed by atoms with van der Waals surface area (Å²) in [6, 6.07) is 4.24. The van der Waals surface area contributed by atoms with Crippen LogP contribution < -0.4 is 20.5 Å². The summed E-state index contributed by atoms with van der Waals surface area (Å²) in [5, 5.41) is 2.38. The average molecular weight is 379 g/mol. The van der Waals surface area contributed by atoms with Crippen LogP contribution in [0.5, 0.6) is 11.5 Å². The van der Waals surface area contributed by atoms with Gasteiger partial charge in [-0.05, 0) is 25.1 Å². The molecule has 0 unspecified atom stereocenters. The van der Waals surface area contributed by atoms with Gasteiger partial charge in [-0.3, -0.25) is 10.1 Å². The van der Waals surface area contributed by atoms with Gasteiger partial charge < -0.3 is 19.9 Å². The number of carbonyl (C=O) groups excluding carboxylic acids is 3. The van der Waals surface area contributed by atoms with E-state index >= 15 is 0 Å². The van der Waals surface area contributed by atoms with E-state index in [-0.39, 0.29) is 4.88 Å². The number of imide groups is 1. The predicted octanol–water partition coefficient (Wildman–Crippen LogP) is 1.49. The number of nitrogens with zero attached hydrogens (tertiary/aromatic N) is 1. The number of nitrogens with two attached hydrogens (primary N) is 1. The molecule has 0 spiro atoms. The monoisotopic (exact) mass is 379 g/mol. The first kappa shape index (κ1) is 19.2. The van der Waals surface area contributed by atoms with Crippen LogP contribution in [0.25, 0.3) is 10.6 Å². The number of esters is 1. The van der Waals surface area contributed by atoms with Crippen molar-refractivity contribution >= 4 is 29.2 Å². The van der Waals surface area contributed by atoms with Crippen LogP contribution in [0.15, 0.2) is 18.2 Å². The van der Waals surface area contributed by atoms with Crippen molar-refractivity contribution in [2.45, 2.75) is 6.92 Å². The normalized spacial score (nSPS) is 10.1. The zero-order valence-electron chi connectivity index (χ0n) is 14.3. The van der Waals surface area contributed by atoms with Crippen molar-refractivity contribution in [3.63, 3.8) is 0 Å². The number of benzene rings is 1. The summed E-state index contributed by atoms with van der Waals surface area (Å²) in [5.41, 5.74) is 6.00. The molecule has 26 heavy (non-hydrogen) atoms. The zero-order valence-corrected chi connectivity index (χ0v) is 15.1. The Labute approximate surface area is 153 Å². The number of carbonyl (C=O) groups is 3. The second kappa shape index (κ2) is 8.30. The lowest BCUT2D eigenvalue weighted by molar-refractivity contribution is -0.123. The number of nitrogens with one attached hydrogen (secondary N) is 1. The second-order valence-corrected chi connectivity index (χ2v) is 5.99. The van der Waals surface area contributed by atoms with Crippen molar-refractivity contribution in [3.05, 3.63) is 28.8 Å². The maximum absolute atomic E-state index is 12.1.